The summed E-state index contributed by atoms with van der Waals surface area (Å²) in [7, 11) is 4.93. The first-order valence-corrected chi connectivity index (χ1v) is 7.43. The van der Waals surface area contributed by atoms with Gasteiger partial charge in [-0.2, -0.15) is 0 Å². The van der Waals surface area contributed by atoms with Gasteiger partial charge in [0.1, 0.15) is 17.2 Å². The lowest BCUT2D eigenvalue weighted by atomic mass is 9.81. The predicted molar refractivity (Wildman–Crippen MR) is 81.3 cm³/mol. The fraction of sp³-hybridized carbons (Fsp3) is 0.625. The highest BCUT2D eigenvalue weighted by Gasteiger charge is 2.39. The van der Waals surface area contributed by atoms with Gasteiger partial charge in [0.2, 0.25) is 0 Å². The number of rotatable bonds is 5. The van der Waals surface area contributed by atoms with E-state index in [9.17, 15) is 0 Å². The summed E-state index contributed by atoms with van der Waals surface area (Å²) >= 11 is 6.82. The molecule has 1 atom stereocenters. The van der Waals surface area contributed by atoms with E-state index in [1.807, 2.05) is 12.1 Å². The molecule has 3 nitrogen and oxygen atoms in total. The summed E-state index contributed by atoms with van der Waals surface area (Å²) < 4.78 is 16.3. The van der Waals surface area contributed by atoms with Gasteiger partial charge in [-0.05, 0) is 18.3 Å². The monoisotopic (exact) mass is 298 g/mol. The molecule has 0 aliphatic heterocycles. The van der Waals surface area contributed by atoms with Gasteiger partial charge in [-0.15, -0.1) is 11.6 Å². The molecule has 1 saturated carbocycles. The van der Waals surface area contributed by atoms with Crippen LogP contribution in [0.5, 0.6) is 17.2 Å². The van der Waals surface area contributed by atoms with Crippen LogP contribution in [-0.2, 0) is 0 Å². The van der Waals surface area contributed by atoms with Crippen molar-refractivity contribution in [2.45, 2.75) is 38.0 Å². The van der Waals surface area contributed by atoms with Crippen molar-refractivity contribution in [3.8, 4) is 17.2 Å². The third-order valence-electron chi connectivity index (χ3n) is 4.36. The standard InChI is InChI=1S/C16H23ClO3/c1-16(7-5-6-8-16)15(17)14-12(19-3)9-11(18-2)10-13(14)20-4/h9-10,15H,5-8H2,1-4H3. The maximum atomic E-state index is 6.82. The van der Waals surface area contributed by atoms with E-state index in [1.54, 1.807) is 21.3 Å². The van der Waals surface area contributed by atoms with Crippen molar-refractivity contribution in [3.05, 3.63) is 17.7 Å². The van der Waals surface area contributed by atoms with E-state index in [1.165, 1.54) is 12.8 Å². The quantitative estimate of drug-likeness (QED) is 0.745. The molecule has 0 N–H and O–H groups in total. The van der Waals surface area contributed by atoms with Crippen molar-refractivity contribution in [1.82, 2.24) is 0 Å². The van der Waals surface area contributed by atoms with Crippen LogP contribution in [0, 0.1) is 5.41 Å². The van der Waals surface area contributed by atoms with E-state index in [0.29, 0.717) is 5.75 Å². The van der Waals surface area contributed by atoms with E-state index in [0.717, 1.165) is 29.9 Å². The average molecular weight is 299 g/mol. The minimum Gasteiger partial charge on any atom is -0.496 e. The van der Waals surface area contributed by atoms with Crippen LogP contribution in [0.25, 0.3) is 0 Å². The molecule has 0 amide bonds. The molecule has 1 fully saturated rings. The van der Waals surface area contributed by atoms with Gasteiger partial charge < -0.3 is 14.2 Å². The summed E-state index contributed by atoms with van der Waals surface area (Å²) in [4.78, 5) is 0. The lowest BCUT2D eigenvalue weighted by molar-refractivity contribution is 0.301. The van der Waals surface area contributed by atoms with Crippen LogP contribution < -0.4 is 14.2 Å². The van der Waals surface area contributed by atoms with Crippen LogP contribution >= 0.6 is 11.6 Å². The van der Waals surface area contributed by atoms with Crippen molar-refractivity contribution < 1.29 is 14.2 Å². The molecule has 0 aromatic heterocycles. The Balaban J connectivity index is 2.48. The Morgan fingerprint density at radius 2 is 1.50 bits per heavy atom. The van der Waals surface area contributed by atoms with Gasteiger partial charge in [0.05, 0.1) is 32.3 Å². The minimum absolute atomic E-state index is 0.0940. The van der Waals surface area contributed by atoms with E-state index in [2.05, 4.69) is 6.92 Å². The van der Waals surface area contributed by atoms with Crippen LogP contribution in [0.1, 0.15) is 43.5 Å². The first-order valence-electron chi connectivity index (χ1n) is 6.99. The van der Waals surface area contributed by atoms with Crippen LogP contribution in [0.15, 0.2) is 12.1 Å². The summed E-state index contributed by atoms with van der Waals surface area (Å²) in [6.45, 7) is 2.25. The number of methoxy groups -OCH3 is 3. The first-order chi connectivity index (χ1) is 9.55. The smallest absolute Gasteiger partial charge is 0.130 e. The molecule has 2 rings (SSSR count). The Morgan fingerprint density at radius 1 is 1.00 bits per heavy atom. The number of ether oxygens (including phenoxy) is 3. The lowest BCUT2D eigenvalue weighted by Crippen LogP contribution is -2.19. The molecule has 4 heteroatoms. The van der Waals surface area contributed by atoms with Crippen molar-refractivity contribution in [2.75, 3.05) is 21.3 Å². The molecule has 1 aromatic rings. The van der Waals surface area contributed by atoms with Gasteiger partial charge in [-0.1, -0.05) is 19.8 Å². The van der Waals surface area contributed by atoms with Crippen molar-refractivity contribution in [2.24, 2.45) is 5.41 Å². The largest absolute Gasteiger partial charge is 0.496 e. The van der Waals surface area contributed by atoms with Crippen LogP contribution in [-0.4, -0.2) is 21.3 Å². The van der Waals surface area contributed by atoms with E-state index in [4.69, 9.17) is 25.8 Å². The zero-order valence-electron chi connectivity index (χ0n) is 12.7. The Kier molecular flexibility index (Phi) is 4.69. The summed E-state index contributed by atoms with van der Waals surface area (Å²) in [5, 5.41) is -0.124. The third kappa shape index (κ3) is 2.69. The van der Waals surface area contributed by atoms with Crippen molar-refractivity contribution in [1.29, 1.82) is 0 Å². The molecule has 1 unspecified atom stereocenters. The second kappa shape index (κ2) is 6.13. The molecule has 0 heterocycles. The summed E-state index contributed by atoms with van der Waals surface area (Å²) in [5.74, 6) is 2.17. The summed E-state index contributed by atoms with van der Waals surface area (Å²) in [5.41, 5.74) is 1.03. The summed E-state index contributed by atoms with van der Waals surface area (Å²) in [6, 6.07) is 3.73. The number of hydrogen-bond donors (Lipinski definition) is 0. The molecule has 112 valence electrons. The highest BCUT2D eigenvalue weighted by Crippen LogP contribution is 2.55. The predicted octanol–water partition coefficient (Wildman–Crippen LogP) is 4.57. The fourth-order valence-electron chi connectivity index (χ4n) is 3.07. The number of alkyl halides is 1. The van der Waals surface area contributed by atoms with Crippen molar-refractivity contribution >= 4 is 11.6 Å². The SMILES string of the molecule is COc1cc(OC)c(C(Cl)C2(C)CCCC2)c(OC)c1. The normalized spacial score (nSPS) is 18.6. The summed E-state index contributed by atoms with van der Waals surface area (Å²) in [6.07, 6.45) is 4.75. The Bertz CT molecular complexity index is 442. The molecule has 0 spiro atoms. The van der Waals surface area contributed by atoms with Gasteiger partial charge in [0, 0.05) is 12.1 Å². The highest BCUT2D eigenvalue weighted by atomic mass is 35.5. The highest BCUT2D eigenvalue weighted by molar-refractivity contribution is 6.21. The first kappa shape index (κ1) is 15.3. The molecule has 0 radical (unpaired) electrons. The van der Waals surface area contributed by atoms with Crippen LogP contribution in [0.3, 0.4) is 0 Å². The molecule has 1 aliphatic rings. The second-order valence-corrected chi connectivity index (χ2v) is 6.11. The zero-order chi connectivity index (χ0) is 14.8. The molecule has 1 aliphatic carbocycles. The van der Waals surface area contributed by atoms with Gasteiger partial charge in [-0.3, -0.25) is 0 Å². The minimum atomic E-state index is -0.124. The van der Waals surface area contributed by atoms with Crippen LogP contribution in [0.2, 0.25) is 0 Å². The molecule has 20 heavy (non-hydrogen) atoms. The van der Waals surface area contributed by atoms with Gasteiger partial charge in [0.25, 0.3) is 0 Å². The van der Waals surface area contributed by atoms with Crippen LogP contribution in [0.4, 0.5) is 0 Å². The molecular weight excluding hydrogens is 276 g/mol. The van der Waals surface area contributed by atoms with E-state index < -0.39 is 0 Å². The van der Waals surface area contributed by atoms with Gasteiger partial charge in [0.15, 0.2) is 0 Å². The number of halogens is 1. The van der Waals surface area contributed by atoms with E-state index in [-0.39, 0.29) is 10.8 Å². The average Bonchev–Trinajstić information content (AvgIpc) is 2.92. The number of hydrogen-bond acceptors (Lipinski definition) is 3. The second-order valence-electron chi connectivity index (χ2n) is 5.67. The maximum absolute atomic E-state index is 6.82. The lowest BCUT2D eigenvalue weighted by Gasteiger charge is -2.31. The third-order valence-corrected chi connectivity index (χ3v) is 5.11. The van der Waals surface area contributed by atoms with Crippen molar-refractivity contribution in [3.63, 3.8) is 0 Å². The van der Waals surface area contributed by atoms with E-state index >= 15 is 0 Å². The molecular formula is C16H23ClO3. The Labute approximate surface area is 126 Å². The maximum Gasteiger partial charge on any atom is 0.130 e. The zero-order valence-corrected chi connectivity index (χ0v) is 13.4. The molecule has 1 aromatic carbocycles. The fourth-order valence-corrected chi connectivity index (χ4v) is 3.50. The van der Waals surface area contributed by atoms with Gasteiger partial charge in [-0.25, -0.2) is 0 Å². The van der Waals surface area contributed by atoms with Gasteiger partial charge >= 0.3 is 0 Å². The number of benzene rings is 1. The topological polar surface area (TPSA) is 27.7 Å². The molecule has 0 bridgehead atoms. The molecule has 0 saturated heterocycles. The Morgan fingerprint density at radius 3 is 1.90 bits per heavy atom. The Hall–Kier alpha value is -1.09.